The number of nitrogen functional groups attached to an aromatic ring is 1. The van der Waals surface area contributed by atoms with Gasteiger partial charge in [0, 0.05) is 6.20 Å². The Morgan fingerprint density at radius 3 is 2.48 bits per heavy atom. The quantitative estimate of drug-likeness (QED) is 0.571. The highest BCUT2D eigenvalue weighted by atomic mass is 35.5. The average Bonchev–Trinajstić information content (AvgIpc) is 2.58. The van der Waals surface area contributed by atoms with Crippen LogP contribution in [0.15, 0.2) is 18.3 Å². The lowest BCUT2D eigenvalue weighted by atomic mass is 10.3. The number of pyridine rings is 2. The van der Waals surface area contributed by atoms with Gasteiger partial charge in [-0.25, -0.2) is 14.8 Å². The van der Waals surface area contributed by atoms with E-state index < -0.39 is 18.0 Å². The summed E-state index contributed by atoms with van der Waals surface area (Å²) in [7, 11) is 0. The zero-order chi connectivity index (χ0) is 18.7. The Labute approximate surface area is 162 Å². The molecule has 0 unspecified atom stereocenters. The van der Waals surface area contributed by atoms with Crippen molar-refractivity contribution in [3.05, 3.63) is 44.2 Å². The fourth-order valence-electron chi connectivity index (χ4n) is 1.61. The van der Waals surface area contributed by atoms with Gasteiger partial charge in [-0.05, 0) is 19.1 Å². The number of carbonyl (C=O) groups excluding carboxylic acids is 2. The molecule has 0 saturated heterocycles. The monoisotopic (exact) mass is 422 g/mol. The summed E-state index contributed by atoms with van der Waals surface area (Å²) < 4.78 is 5.02. The smallest absolute Gasteiger partial charge is 0.359 e. The summed E-state index contributed by atoms with van der Waals surface area (Å²) in [5, 5.41) is 2.37. The lowest BCUT2D eigenvalue weighted by molar-refractivity contribution is -0.123. The number of aromatic nitrogens is 2. The molecule has 0 aliphatic heterocycles. The number of esters is 1. The molecule has 132 valence electrons. The molecule has 0 aromatic carbocycles. The number of ether oxygens (including phenoxy) is 1. The third-order valence-electron chi connectivity index (χ3n) is 2.90. The first-order chi connectivity index (χ1) is 11.7. The van der Waals surface area contributed by atoms with Gasteiger partial charge < -0.3 is 15.8 Å². The fourth-order valence-corrected chi connectivity index (χ4v) is 2.31. The van der Waals surface area contributed by atoms with Crippen LogP contribution in [0.25, 0.3) is 0 Å². The van der Waals surface area contributed by atoms with Gasteiger partial charge in [0.05, 0.1) is 15.7 Å². The number of anilines is 2. The van der Waals surface area contributed by atoms with Crippen LogP contribution in [0.2, 0.25) is 20.2 Å². The van der Waals surface area contributed by atoms with Crippen molar-refractivity contribution in [2.24, 2.45) is 0 Å². The molecule has 25 heavy (non-hydrogen) atoms. The third-order valence-corrected chi connectivity index (χ3v) is 4.26. The highest BCUT2D eigenvalue weighted by Gasteiger charge is 2.25. The minimum atomic E-state index is -1.17. The number of halogens is 4. The van der Waals surface area contributed by atoms with Crippen molar-refractivity contribution in [1.29, 1.82) is 0 Å². The first kappa shape index (κ1) is 19.5. The molecule has 2 rings (SSSR count). The summed E-state index contributed by atoms with van der Waals surface area (Å²) >= 11 is 23.2. The normalized spacial score (nSPS) is 11.7. The molecule has 3 N–H and O–H groups in total. The van der Waals surface area contributed by atoms with Crippen molar-refractivity contribution >= 4 is 69.8 Å². The summed E-state index contributed by atoms with van der Waals surface area (Å²) in [5.74, 6) is -1.36. The van der Waals surface area contributed by atoms with E-state index >= 15 is 0 Å². The van der Waals surface area contributed by atoms with Crippen molar-refractivity contribution in [2.75, 3.05) is 11.1 Å². The number of hydrogen-bond donors (Lipinski definition) is 2. The van der Waals surface area contributed by atoms with E-state index in [1.165, 1.54) is 19.2 Å². The molecular formula is C14H10Cl4N4O3. The molecule has 0 aliphatic carbocycles. The van der Waals surface area contributed by atoms with E-state index in [9.17, 15) is 9.59 Å². The Bertz CT molecular complexity index is 830. The van der Waals surface area contributed by atoms with E-state index in [-0.39, 0.29) is 32.4 Å². The second-order valence-corrected chi connectivity index (χ2v) is 6.24. The van der Waals surface area contributed by atoms with E-state index in [1.807, 2.05) is 0 Å². The van der Waals surface area contributed by atoms with Crippen LogP contribution in [0.3, 0.4) is 0 Å². The highest BCUT2D eigenvalue weighted by Crippen LogP contribution is 2.34. The molecule has 0 fully saturated rings. The molecule has 2 aromatic rings. The summed E-state index contributed by atoms with van der Waals surface area (Å²) in [5.41, 5.74) is 5.17. The van der Waals surface area contributed by atoms with Crippen LogP contribution in [0.5, 0.6) is 0 Å². The van der Waals surface area contributed by atoms with E-state index in [1.54, 1.807) is 6.07 Å². The van der Waals surface area contributed by atoms with E-state index in [2.05, 4.69) is 15.3 Å². The predicted molar refractivity (Wildman–Crippen MR) is 96.4 cm³/mol. The van der Waals surface area contributed by atoms with Crippen molar-refractivity contribution in [3.8, 4) is 0 Å². The van der Waals surface area contributed by atoms with Gasteiger partial charge in [0.1, 0.15) is 10.8 Å². The van der Waals surface area contributed by atoms with Crippen molar-refractivity contribution in [1.82, 2.24) is 9.97 Å². The zero-order valence-corrected chi connectivity index (χ0v) is 15.5. The molecule has 0 radical (unpaired) electrons. The van der Waals surface area contributed by atoms with Crippen molar-refractivity contribution in [2.45, 2.75) is 13.0 Å². The Morgan fingerprint density at radius 1 is 1.20 bits per heavy atom. The molecule has 7 nitrogen and oxygen atoms in total. The maximum atomic E-state index is 12.2. The van der Waals surface area contributed by atoms with E-state index in [0.717, 1.165) is 0 Å². The van der Waals surface area contributed by atoms with Gasteiger partial charge in [-0.15, -0.1) is 0 Å². The van der Waals surface area contributed by atoms with Gasteiger partial charge in [0.15, 0.2) is 17.0 Å². The van der Waals surface area contributed by atoms with Gasteiger partial charge in [0.2, 0.25) is 0 Å². The minimum absolute atomic E-state index is 0.0807. The van der Waals surface area contributed by atoms with Gasteiger partial charge in [0.25, 0.3) is 5.91 Å². The first-order valence-electron chi connectivity index (χ1n) is 6.64. The number of carbonyl (C=O) groups is 2. The Hall–Kier alpha value is -1.80. The Kier molecular flexibility index (Phi) is 6.29. The van der Waals surface area contributed by atoms with Gasteiger partial charge in [-0.2, -0.15) is 0 Å². The number of nitrogens with zero attached hydrogens (tertiary/aromatic N) is 2. The van der Waals surface area contributed by atoms with Crippen molar-refractivity contribution in [3.63, 3.8) is 0 Å². The fraction of sp³-hybridized carbons (Fsp3) is 0.143. The number of nitrogens with one attached hydrogen (secondary N) is 1. The molecular weight excluding hydrogens is 414 g/mol. The molecule has 0 aliphatic rings. The van der Waals surface area contributed by atoms with Gasteiger partial charge in [-0.3, -0.25) is 4.79 Å². The predicted octanol–water partition coefficient (Wildman–Crippen LogP) is 3.86. The standard InChI is InChI=1S/C14H10Cl4N4O3/c1-5(13(23)21-7-3-2-6(15)4-20-7)25-14(24)11-8(16)10(19)9(17)12(18)22-11/h2-5H,1H3,(H2,19,22)(H,20,21,23)/t5-/m0/s1. The molecule has 1 atom stereocenters. The maximum Gasteiger partial charge on any atom is 0.359 e. The first-order valence-corrected chi connectivity index (χ1v) is 8.15. The summed E-state index contributed by atoms with van der Waals surface area (Å²) in [6.45, 7) is 1.36. The number of nitrogens with two attached hydrogens (primary N) is 1. The number of hydrogen-bond acceptors (Lipinski definition) is 6. The molecule has 11 heteroatoms. The van der Waals surface area contributed by atoms with Crippen LogP contribution < -0.4 is 11.1 Å². The van der Waals surface area contributed by atoms with Crippen LogP contribution in [0.1, 0.15) is 17.4 Å². The molecule has 2 heterocycles. The van der Waals surface area contributed by atoms with E-state index in [0.29, 0.717) is 5.02 Å². The van der Waals surface area contributed by atoms with Crippen LogP contribution in [0, 0.1) is 0 Å². The molecule has 0 saturated carbocycles. The van der Waals surface area contributed by atoms with E-state index in [4.69, 9.17) is 56.9 Å². The van der Waals surface area contributed by atoms with Crippen LogP contribution in [-0.2, 0) is 9.53 Å². The largest absolute Gasteiger partial charge is 0.448 e. The summed E-state index contributed by atoms with van der Waals surface area (Å²) in [4.78, 5) is 31.8. The SMILES string of the molecule is C[C@H](OC(=O)c1nc(Cl)c(Cl)c(N)c1Cl)C(=O)Nc1ccc(Cl)cn1. The molecule has 2 aromatic heterocycles. The number of rotatable bonds is 4. The second-order valence-electron chi connectivity index (χ2n) is 4.69. The van der Waals surface area contributed by atoms with Crippen molar-refractivity contribution < 1.29 is 14.3 Å². The number of amides is 1. The van der Waals surface area contributed by atoms with Crippen LogP contribution in [0.4, 0.5) is 11.5 Å². The molecule has 0 bridgehead atoms. The van der Waals surface area contributed by atoms with Gasteiger partial charge in [-0.1, -0.05) is 46.4 Å². The third kappa shape index (κ3) is 4.64. The summed E-state index contributed by atoms with van der Waals surface area (Å²) in [6.07, 6.45) is 0.189. The highest BCUT2D eigenvalue weighted by molar-refractivity contribution is 6.46. The molecule has 1 amide bonds. The Morgan fingerprint density at radius 2 is 1.88 bits per heavy atom. The second kappa shape index (κ2) is 8.05. The zero-order valence-electron chi connectivity index (χ0n) is 12.5. The van der Waals surface area contributed by atoms with Crippen LogP contribution in [-0.4, -0.2) is 27.9 Å². The Balaban J connectivity index is 2.09. The molecule has 0 spiro atoms. The topological polar surface area (TPSA) is 107 Å². The maximum absolute atomic E-state index is 12.2. The average molecular weight is 424 g/mol. The minimum Gasteiger partial charge on any atom is -0.448 e. The van der Waals surface area contributed by atoms with Gasteiger partial charge >= 0.3 is 5.97 Å². The summed E-state index contributed by atoms with van der Waals surface area (Å²) in [6, 6.07) is 3.04. The lowest BCUT2D eigenvalue weighted by Crippen LogP contribution is -2.30. The lowest BCUT2D eigenvalue weighted by Gasteiger charge is -2.14. The van der Waals surface area contributed by atoms with Crippen LogP contribution >= 0.6 is 46.4 Å².